The summed E-state index contributed by atoms with van der Waals surface area (Å²) in [6.07, 6.45) is 1.35. The molecule has 1 aromatic carbocycles. The second-order valence-electron chi connectivity index (χ2n) is 4.32. The Hall–Kier alpha value is -2.05. The molecular formula is C13H12Cl2N4O2. The molecule has 0 radical (unpaired) electrons. The number of hydrogen-bond donors (Lipinski definition) is 3. The van der Waals surface area contributed by atoms with E-state index in [1.807, 2.05) is 0 Å². The van der Waals surface area contributed by atoms with E-state index in [2.05, 4.69) is 20.7 Å². The molecule has 0 saturated carbocycles. The van der Waals surface area contributed by atoms with Crippen molar-refractivity contribution in [2.45, 2.75) is 13.3 Å². The van der Waals surface area contributed by atoms with Crippen LogP contribution in [0.25, 0.3) is 0 Å². The molecule has 0 atom stereocenters. The highest BCUT2D eigenvalue weighted by molar-refractivity contribution is 6.36. The highest BCUT2D eigenvalue weighted by Crippen LogP contribution is 2.19. The quantitative estimate of drug-likeness (QED) is 0.592. The Morgan fingerprint density at radius 2 is 2.14 bits per heavy atom. The van der Waals surface area contributed by atoms with Crippen molar-refractivity contribution in [1.82, 2.24) is 15.6 Å². The summed E-state index contributed by atoms with van der Waals surface area (Å²) in [5, 5.41) is 9.80. The highest BCUT2D eigenvalue weighted by Gasteiger charge is 2.10. The van der Waals surface area contributed by atoms with E-state index in [1.165, 1.54) is 6.21 Å². The van der Waals surface area contributed by atoms with Crippen LogP contribution in [0.4, 0.5) is 0 Å². The smallest absolute Gasteiger partial charge is 0.267 e. The molecule has 110 valence electrons. The number of carbonyl (C=O) groups excluding carboxylic acids is 1. The second-order valence-corrected chi connectivity index (χ2v) is 5.16. The van der Waals surface area contributed by atoms with E-state index >= 15 is 0 Å². The van der Waals surface area contributed by atoms with Crippen molar-refractivity contribution >= 4 is 35.3 Å². The van der Waals surface area contributed by atoms with E-state index in [0.717, 1.165) is 0 Å². The molecule has 2 aromatic rings. The minimum atomic E-state index is -0.399. The lowest BCUT2D eigenvalue weighted by Gasteiger charge is -2.00. The lowest BCUT2D eigenvalue weighted by Crippen LogP contribution is -2.23. The SMILES string of the molecule is Cc1[nH][nH]c(=O)c1CC(=O)N/N=C/c1ccc(Cl)cc1Cl. The van der Waals surface area contributed by atoms with Gasteiger partial charge in [0.1, 0.15) is 0 Å². The van der Waals surface area contributed by atoms with Crippen molar-refractivity contribution in [3.05, 3.63) is 55.4 Å². The van der Waals surface area contributed by atoms with E-state index in [4.69, 9.17) is 23.2 Å². The molecule has 1 heterocycles. The highest BCUT2D eigenvalue weighted by atomic mass is 35.5. The van der Waals surface area contributed by atoms with Gasteiger partial charge < -0.3 is 5.10 Å². The van der Waals surface area contributed by atoms with Crippen molar-refractivity contribution in [1.29, 1.82) is 0 Å². The minimum Gasteiger partial charge on any atom is -0.302 e. The first kappa shape index (κ1) is 15.3. The number of halogens is 2. The van der Waals surface area contributed by atoms with E-state index in [0.29, 0.717) is 26.9 Å². The fraction of sp³-hybridized carbons (Fsp3) is 0.154. The maximum Gasteiger partial charge on any atom is 0.267 e. The van der Waals surface area contributed by atoms with Crippen LogP contribution in [0.1, 0.15) is 16.8 Å². The molecule has 0 unspecified atom stereocenters. The summed E-state index contributed by atoms with van der Waals surface area (Å²) < 4.78 is 0. The van der Waals surface area contributed by atoms with Crippen LogP contribution < -0.4 is 11.0 Å². The lowest BCUT2D eigenvalue weighted by atomic mass is 10.2. The first-order chi connectivity index (χ1) is 9.97. The predicted molar refractivity (Wildman–Crippen MR) is 82.1 cm³/mol. The predicted octanol–water partition coefficient (Wildman–Crippen LogP) is 2.01. The van der Waals surface area contributed by atoms with Crippen LogP contribution in [0.5, 0.6) is 0 Å². The molecule has 0 fully saturated rings. The minimum absolute atomic E-state index is 0.0592. The molecule has 21 heavy (non-hydrogen) atoms. The first-order valence-electron chi connectivity index (χ1n) is 6.00. The van der Waals surface area contributed by atoms with Crippen LogP contribution in [0.15, 0.2) is 28.1 Å². The number of rotatable bonds is 4. The zero-order chi connectivity index (χ0) is 15.4. The third-order valence-corrected chi connectivity index (χ3v) is 3.35. The van der Waals surface area contributed by atoms with Gasteiger partial charge in [0.2, 0.25) is 5.91 Å². The number of aromatic amines is 2. The van der Waals surface area contributed by atoms with Gasteiger partial charge in [0.15, 0.2) is 0 Å². The lowest BCUT2D eigenvalue weighted by molar-refractivity contribution is -0.120. The Labute approximate surface area is 130 Å². The molecule has 2 rings (SSSR count). The summed E-state index contributed by atoms with van der Waals surface area (Å²) >= 11 is 11.7. The molecule has 0 bridgehead atoms. The van der Waals surface area contributed by atoms with Crippen molar-refractivity contribution in [3.8, 4) is 0 Å². The van der Waals surface area contributed by atoms with Crippen LogP contribution in [-0.2, 0) is 11.2 Å². The van der Waals surface area contributed by atoms with Gasteiger partial charge in [0.25, 0.3) is 5.56 Å². The van der Waals surface area contributed by atoms with E-state index in [-0.39, 0.29) is 12.0 Å². The van der Waals surface area contributed by atoms with Crippen LogP contribution in [0, 0.1) is 6.92 Å². The average molecular weight is 327 g/mol. The van der Waals surface area contributed by atoms with Gasteiger partial charge in [0.05, 0.1) is 17.7 Å². The van der Waals surface area contributed by atoms with Crippen molar-refractivity contribution < 1.29 is 4.79 Å². The third kappa shape index (κ3) is 3.96. The zero-order valence-electron chi connectivity index (χ0n) is 11.0. The molecule has 1 aromatic heterocycles. The Morgan fingerprint density at radius 3 is 2.76 bits per heavy atom. The summed E-state index contributed by atoms with van der Waals surface area (Å²) in [5.74, 6) is -0.399. The standard InChI is InChI=1S/C13H12Cl2N4O2/c1-7-10(13(21)19-17-7)5-12(20)18-16-6-8-2-3-9(14)4-11(8)15/h2-4,6H,5H2,1H3,(H,18,20)(H2,17,19,21)/b16-6+. The van der Waals surface area contributed by atoms with Crippen LogP contribution in [0.3, 0.4) is 0 Å². The molecule has 3 N–H and O–H groups in total. The summed E-state index contributed by atoms with van der Waals surface area (Å²) in [5.41, 5.74) is 3.65. The first-order valence-corrected chi connectivity index (χ1v) is 6.76. The molecule has 0 aliphatic heterocycles. The number of aromatic nitrogens is 2. The summed E-state index contributed by atoms with van der Waals surface area (Å²) in [6.45, 7) is 1.71. The Kier molecular flexibility index (Phi) is 4.82. The zero-order valence-corrected chi connectivity index (χ0v) is 12.5. The molecule has 0 spiro atoms. The summed E-state index contributed by atoms with van der Waals surface area (Å²) in [6, 6.07) is 4.93. The van der Waals surface area contributed by atoms with Gasteiger partial charge in [-0.15, -0.1) is 0 Å². The van der Waals surface area contributed by atoms with Gasteiger partial charge in [-0.3, -0.25) is 14.7 Å². The number of aryl methyl sites for hydroxylation is 1. The van der Waals surface area contributed by atoms with Gasteiger partial charge in [-0.05, 0) is 19.1 Å². The fourth-order valence-corrected chi connectivity index (χ4v) is 2.12. The van der Waals surface area contributed by atoms with Gasteiger partial charge in [-0.1, -0.05) is 29.3 Å². The van der Waals surface area contributed by atoms with Crippen molar-refractivity contribution in [3.63, 3.8) is 0 Å². The molecule has 0 aliphatic carbocycles. The van der Waals surface area contributed by atoms with Crippen LogP contribution in [-0.4, -0.2) is 22.3 Å². The number of nitrogens with zero attached hydrogens (tertiary/aromatic N) is 1. The Balaban J connectivity index is 1.98. The second kappa shape index (κ2) is 6.60. The van der Waals surface area contributed by atoms with Gasteiger partial charge in [-0.25, -0.2) is 5.43 Å². The molecule has 0 saturated heterocycles. The molecule has 0 aliphatic rings. The maximum atomic E-state index is 11.7. The molecule has 6 nitrogen and oxygen atoms in total. The monoisotopic (exact) mass is 326 g/mol. The van der Waals surface area contributed by atoms with E-state index in [1.54, 1.807) is 25.1 Å². The molecule has 1 amide bonds. The van der Waals surface area contributed by atoms with E-state index < -0.39 is 5.91 Å². The number of carbonyl (C=O) groups is 1. The number of H-pyrrole nitrogens is 2. The Bertz CT molecular complexity index is 749. The molecule has 8 heteroatoms. The van der Waals surface area contributed by atoms with Gasteiger partial charge >= 0.3 is 0 Å². The number of benzene rings is 1. The number of amides is 1. The van der Waals surface area contributed by atoms with Crippen LogP contribution >= 0.6 is 23.2 Å². The number of hydrogen-bond acceptors (Lipinski definition) is 3. The largest absolute Gasteiger partial charge is 0.302 e. The van der Waals surface area contributed by atoms with E-state index in [9.17, 15) is 9.59 Å². The summed E-state index contributed by atoms with van der Waals surface area (Å²) in [7, 11) is 0. The van der Waals surface area contributed by atoms with Crippen LogP contribution in [0.2, 0.25) is 10.0 Å². The Morgan fingerprint density at radius 1 is 1.38 bits per heavy atom. The topological polar surface area (TPSA) is 90.1 Å². The van der Waals surface area contributed by atoms with Gasteiger partial charge in [-0.2, -0.15) is 5.10 Å². The third-order valence-electron chi connectivity index (χ3n) is 2.78. The summed E-state index contributed by atoms with van der Waals surface area (Å²) in [4.78, 5) is 23.1. The fourth-order valence-electron chi connectivity index (χ4n) is 1.66. The average Bonchev–Trinajstić information content (AvgIpc) is 2.73. The molecular weight excluding hydrogens is 315 g/mol. The van der Waals surface area contributed by atoms with Crippen molar-refractivity contribution in [2.24, 2.45) is 5.10 Å². The van der Waals surface area contributed by atoms with Gasteiger partial charge in [0, 0.05) is 21.8 Å². The number of hydrazone groups is 1. The maximum absolute atomic E-state index is 11.7. The van der Waals surface area contributed by atoms with Crippen molar-refractivity contribution in [2.75, 3.05) is 0 Å². The number of nitrogens with one attached hydrogen (secondary N) is 3. The normalized spacial score (nSPS) is 11.0.